The second-order valence-electron chi connectivity index (χ2n) is 7.85. The third-order valence-corrected chi connectivity index (χ3v) is 7.80. The van der Waals surface area contributed by atoms with Gasteiger partial charge in [0.1, 0.15) is 5.75 Å². The summed E-state index contributed by atoms with van der Waals surface area (Å²) in [7, 11) is -3.76. The minimum Gasteiger partial charge on any atom is -0.482 e. The van der Waals surface area contributed by atoms with Crippen LogP contribution in [0.1, 0.15) is 23.6 Å². The average Bonchev–Trinajstić information content (AvgIpc) is 3.24. The Balaban J connectivity index is 1.46. The predicted molar refractivity (Wildman–Crippen MR) is 131 cm³/mol. The molecule has 3 aromatic carbocycles. The first-order chi connectivity index (χ1) is 15.8. The number of hydrogen-bond acceptors (Lipinski definition) is 4. The molecule has 0 fully saturated rings. The minimum atomic E-state index is -3.76. The van der Waals surface area contributed by atoms with Crippen LogP contribution in [0.5, 0.6) is 5.75 Å². The molecule has 0 spiro atoms. The number of benzene rings is 3. The van der Waals surface area contributed by atoms with Gasteiger partial charge in [-0.2, -0.15) is 0 Å². The summed E-state index contributed by atoms with van der Waals surface area (Å²) < 4.78 is 33.3. The van der Waals surface area contributed by atoms with Crippen molar-refractivity contribution in [1.82, 2.24) is 0 Å². The van der Waals surface area contributed by atoms with Crippen LogP contribution in [0.2, 0.25) is 5.02 Å². The Morgan fingerprint density at radius 3 is 2.67 bits per heavy atom. The van der Waals surface area contributed by atoms with Crippen molar-refractivity contribution in [3.8, 4) is 5.75 Å². The number of carbonyl (C=O) groups excluding carboxylic acids is 1. The number of fused-ring (bicyclic) bond motifs is 1. The van der Waals surface area contributed by atoms with Crippen molar-refractivity contribution in [2.24, 2.45) is 0 Å². The summed E-state index contributed by atoms with van der Waals surface area (Å²) >= 11 is 6.32. The van der Waals surface area contributed by atoms with Crippen molar-refractivity contribution >= 4 is 38.9 Å². The summed E-state index contributed by atoms with van der Waals surface area (Å²) in [5.74, 6) is -0.0754. The van der Waals surface area contributed by atoms with Gasteiger partial charge in [0, 0.05) is 12.2 Å². The first kappa shape index (κ1) is 23.1. The molecule has 0 radical (unpaired) electrons. The van der Waals surface area contributed by atoms with Gasteiger partial charge >= 0.3 is 0 Å². The van der Waals surface area contributed by atoms with Gasteiger partial charge in [-0.25, -0.2) is 8.42 Å². The molecule has 0 saturated heterocycles. The normalized spacial score (nSPS) is 13.0. The Kier molecular flexibility index (Phi) is 6.63. The fourth-order valence-corrected chi connectivity index (χ4v) is 5.79. The van der Waals surface area contributed by atoms with Crippen LogP contribution in [0.3, 0.4) is 0 Å². The van der Waals surface area contributed by atoms with Crippen LogP contribution in [-0.4, -0.2) is 27.5 Å². The molecule has 1 heterocycles. The zero-order valence-corrected chi connectivity index (χ0v) is 20.0. The van der Waals surface area contributed by atoms with E-state index in [2.05, 4.69) is 5.32 Å². The van der Waals surface area contributed by atoms with Crippen LogP contribution in [0, 0.1) is 6.92 Å². The van der Waals surface area contributed by atoms with E-state index >= 15 is 0 Å². The lowest BCUT2D eigenvalue weighted by Crippen LogP contribution is -2.29. The molecule has 0 atom stereocenters. The molecular formula is C25H25ClN2O4S. The van der Waals surface area contributed by atoms with Crippen LogP contribution >= 0.6 is 11.6 Å². The molecular weight excluding hydrogens is 460 g/mol. The number of sulfonamides is 1. The molecule has 6 nitrogen and oxygen atoms in total. The van der Waals surface area contributed by atoms with Crippen LogP contribution in [0.25, 0.3) is 0 Å². The predicted octanol–water partition coefficient (Wildman–Crippen LogP) is 4.98. The number of nitrogens with one attached hydrogen (secondary N) is 1. The van der Waals surface area contributed by atoms with E-state index in [0.29, 0.717) is 18.7 Å². The number of hydrogen-bond donors (Lipinski definition) is 1. The molecule has 0 unspecified atom stereocenters. The highest BCUT2D eigenvalue weighted by atomic mass is 35.5. The van der Waals surface area contributed by atoms with Gasteiger partial charge in [0.2, 0.25) is 0 Å². The average molecular weight is 485 g/mol. The highest BCUT2D eigenvalue weighted by molar-refractivity contribution is 7.92. The molecule has 33 heavy (non-hydrogen) atoms. The van der Waals surface area contributed by atoms with Gasteiger partial charge in [-0.1, -0.05) is 54.9 Å². The molecule has 0 saturated carbocycles. The van der Waals surface area contributed by atoms with Crippen molar-refractivity contribution in [2.75, 3.05) is 22.8 Å². The summed E-state index contributed by atoms with van der Waals surface area (Å²) in [6.07, 6.45) is 1.46. The lowest BCUT2D eigenvalue weighted by molar-refractivity contribution is -0.118. The number of halogens is 1. The maximum Gasteiger partial charge on any atom is 0.264 e. The molecule has 0 aliphatic carbocycles. The zero-order valence-electron chi connectivity index (χ0n) is 18.5. The molecule has 1 amide bonds. The van der Waals surface area contributed by atoms with E-state index in [4.69, 9.17) is 16.3 Å². The molecule has 0 bridgehead atoms. The lowest BCUT2D eigenvalue weighted by Gasteiger charge is -2.20. The van der Waals surface area contributed by atoms with Gasteiger partial charge in [0.25, 0.3) is 15.9 Å². The molecule has 1 N–H and O–H groups in total. The van der Waals surface area contributed by atoms with E-state index in [-0.39, 0.29) is 28.2 Å². The second-order valence-corrected chi connectivity index (χ2v) is 10.1. The summed E-state index contributed by atoms with van der Waals surface area (Å²) in [6.45, 7) is 4.10. The number of ether oxygens (including phenoxy) is 1. The SMILES string of the molecule is CCc1cccc(C)c1NC(=O)COc1ccc(S(=O)(=O)N2CCc3ccccc32)cc1Cl. The first-order valence-electron chi connectivity index (χ1n) is 10.7. The summed E-state index contributed by atoms with van der Waals surface area (Å²) in [5.41, 5.74) is 4.48. The highest BCUT2D eigenvalue weighted by Crippen LogP contribution is 2.35. The molecule has 8 heteroatoms. The Hall–Kier alpha value is -3.03. The molecule has 1 aliphatic heterocycles. The monoisotopic (exact) mass is 484 g/mol. The van der Waals surface area contributed by atoms with Gasteiger partial charge in [-0.15, -0.1) is 0 Å². The Bertz CT molecular complexity index is 1310. The minimum absolute atomic E-state index is 0.0773. The summed E-state index contributed by atoms with van der Waals surface area (Å²) in [5, 5.41) is 3.02. The molecule has 3 aromatic rings. The number of anilines is 2. The van der Waals surface area contributed by atoms with E-state index in [9.17, 15) is 13.2 Å². The first-order valence-corrected chi connectivity index (χ1v) is 12.5. The van der Waals surface area contributed by atoms with Crippen molar-refractivity contribution in [2.45, 2.75) is 31.6 Å². The molecule has 0 aromatic heterocycles. The molecule has 4 rings (SSSR count). The quantitative estimate of drug-likeness (QED) is 0.513. The third kappa shape index (κ3) is 4.70. The maximum absolute atomic E-state index is 13.2. The maximum atomic E-state index is 13.2. The fourth-order valence-electron chi connectivity index (χ4n) is 3.96. The van der Waals surface area contributed by atoms with Gasteiger partial charge in [-0.05, 0) is 60.7 Å². The molecule has 172 valence electrons. The van der Waals surface area contributed by atoms with Crippen LogP contribution in [0.15, 0.2) is 65.6 Å². The topological polar surface area (TPSA) is 75.7 Å². The van der Waals surface area contributed by atoms with Crippen molar-refractivity contribution in [3.05, 3.63) is 82.4 Å². The Morgan fingerprint density at radius 1 is 1.12 bits per heavy atom. The number of rotatable bonds is 7. The van der Waals surface area contributed by atoms with Gasteiger partial charge in [-0.3, -0.25) is 9.10 Å². The van der Waals surface area contributed by atoms with Crippen LogP contribution in [0.4, 0.5) is 11.4 Å². The van der Waals surface area contributed by atoms with E-state index < -0.39 is 10.0 Å². The second kappa shape index (κ2) is 9.45. The highest BCUT2D eigenvalue weighted by Gasteiger charge is 2.31. The summed E-state index contributed by atoms with van der Waals surface area (Å²) in [4.78, 5) is 12.5. The number of aryl methyl sites for hydroxylation is 2. The number of nitrogens with zero attached hydrogens (tertiary/aromatic N) is 1. The van der Waals surface area contributed by atoms with Crippen LogP contribution in [-0.2, 0) is 27.7 Å². The number of amides is 1. The zero-order chi connectivity index (χ0) is 23.6. The molecule has 1 aliphatic rings. The van der Waals surface area contributed by atoms with Crippen molar-refractivity contribution in [3.63, 3.8) is 0 Å². The van der Waals surface area contributed by atoms with E-state index in [1.165, 1.54) is 22.5 Å². The standard InChI is InChI=1S/C25H25ClN2O4S/c1-3-18-9-6-7-17(2)25(18)27-24(29)16-32-23-12-11-20(15-21(23)26)33(30,31)28-14-13-19-8-4-5-10-22(19)28/h4-12,15H,3,13-14,16H2,1-2H3,(H,27,29). The Morgan fingerprint density at radius 2 is 1.91 bits per heavy atom. The fraction of sp³-hybridized carbons (Fsp3) is 0.240. The van der Waals surface area contributed by atoms with Gasteiger partial charge in [0.15, 0.2) is 6.61 Å². The third-order valence-electron chi connectivity index (χ3n) is 5.70. The van der Waals surface area contributed by atoms with Crippen LogP contribution < -0.4 is 14.4 Å². The summed E-state index contributed by atoms with van der Waals surface area (Å²) in [6, 6.07) is 17.6. The van der Waals surface area contributed by atoms with Gasteiger partial charge in [0.05, 0.1) is 15.6 Å². The van der Waals surface area contributed by atoms with E-state index in [1.54, 1.807) is 6.07 Å². The largest absolute Gasteiger partial charge is 0.482 e. The number of para-hydroxylation sites is 2. The Labute approximate surface area is 199 Å². The van der Waals surface area contributed by atoms with E-state index in [0.717, 1.165) is 28.8 Å². The van der Waals surface area contributed by atoms with E-state index in [1.807, 2.05) is 50.2 Å². The van der Waals surface area contributed by atoms with Gasteiger partial charge < -0.3 is 10.1 Å². The van der Waals surface area contributed by atoms with Crippen molar-refractivity contribution in [1.29, 1.82) is 0 Å². The lowest BCUT2D eigenvalue weighted by atomic mass is 10.1. The van der Waals surface area contributed by atoms with Crippen molar-refractivity contribution < 1.29 is 17.9 Å². The smallest absolute Gasteiger partial charge is 0.264 e. The number of carbonyl (C=O) groups is 1.